The van der Waals surface area contributed by atoms with Crippen LogP contribution in [0.25, 0.3) is 0 Å². The summed E-state index contributed by atoms with van der Waals surface area (Å²) in [4.78, 5) is 0. The maximum atomic E-state index is 8.98. The molecule has 104 valence electrons. The van der Waals surface area contributed by atoms with E-state index in [1.165, 1.54) is 31.9 Å². The van der Waals surface area contributed by atoms with Gasteiger partial charge in [-0.25, -0.2) is 0 Å². The number of rotatable bonds is 11. The molecule has 0 aliphatic heterocycles. The maximum absolute atomic E-state index is 8.98. The molecule has 0 saturated carbocycles. The summed E-state index contributed by atoms with van der Waals surface area (Å²) in [6, 6.07) is 0. The van der Waals surface area contributed by atoms with Crippen molar-refractivity contribution in [2.45, 2.75) is 45.1 Å². The first kappa shape index (κ1) is 16.9. The van der Waals surface area contributed by atoms with Gasteiger partial charge in [0, 0.05) is 0 Å². The molecule has 0 saturated heterocycles. The minimum Gasteiger partial charge on any atom is -0.498 e. The molecule has 0 heterocycles. The molecule has 0 amide bonds. The Morgan fingerprint density at radius 2 is 1.83 bits per heavy atom. The van der Waals surface area contributed by atoms with Crippen LogP contribution < -0.4 is 0 Å². The SMILES string of the molecule is CCCCCC/C=C/C=C/C=C\OCC(O)CO. The van der Waals surface area contributed by atoms with E-state index in [1.54, 1.807) is 6.08 Å². The van der Waals surface area contributed by atoms with Gasteiger partial charge >= 0.3 is 0 Å². The zero-order valence-corrected chi connectivity index (χ0v) is 11.3. The van der Waals surface area contributed by atoms with Gasteiger partial charge in [-0.2, -0.15) is 0 Å². The molecule has 0 aromatic rings. The van der Waals surface area contributed by atoms with Crippen molar-refractivity contribution in [3.05, 3.63) is 36.6 Å². The molecule has 0 rings (SSSR count). The summed E-state index contributed by atoms with van der Waals surface area (Å²) >= 11 is 0. The van der Waals surface area contributed by atoms with Crippen LogP contribution >= 0.6 is 0 Å². The zero-order chi connectivity index (χ0) is 13.5. The van der Waals surface area contributed by atoms with Gasteiger partial charge in [-0.1, -0.05) is 50.5 Å². The van der Waals surface area contributed by atoms with Crippen LogP contribution in [0.3, 0.4) is 0 Å². The molecule has 3 heteroatoms. The molecule has 0 fully saturated rings. The van der Waals surface area contributed by atoms with Crippen molar-refractivity contribution >= 4 is 0 Å². The van der Waals surface area contributed by atoms with Crippen LogP contribution in [0.1, 0.15) is 39.0 Å². The predicted molar refractivity (Wildman–Crippen MR) is 75.2 cm³/mol. The van der Waals surface area contributed by atoms with Crippen molar-refractivity contribution in [3.8, 4) is 0 Å². The Balaban J connectivity index is 3.41. The van der Waals surface area contributed by atoms with Crippen molar-refractivity contribution < 1.29 is 14.9 Å². The Morgan fingerprint density at radius 1 is 1.06 bits per heavy atom. The lowest BCUT2D eigenvalue weighted by Gasteiger charge is -2.04. The lowest BCUT2D eigenvalue weighted by molar-refractivity contribution is 0.0384. The number of aliphatic hydroxyl groups is 2. The summed E-state index contributed by atoms with van der Waals surface area (Å²) in [5.74, 6) is 0. The number of hydrogen-bond donors (Lipinski definition) is 2. The first-order valence-electron chi connectivity index (χ1n) is 6.70. The Labute approximate surface area is 110 Å². The van der Waals surface area contributed by atoms with Crippen LogP contribution in [0.4, 0.5) is 0 Å². The number of hydrogen-bond acceptors (Lipinski definition) is 3. The molecule has 0 aromatic heterocycles. The molecular weight excluding hydrogens is 228 g/mol. The average molecular weight is 254 g/mol. The van der Waals surface area contributed by atoms with Gasteiger partial charge in [0.05, 0.1) is 12.9 Å². The van der Waals surface area contributed by atoms with Gasteiger partial charge in [-0.15, -0.1) is 0 Å². The van der Waals surface area contributed by atoms with Gasteiger partial charge in [0.2, 0.25) is 0 Å². The highest BCUT2D eigenvalue weighted by Gasteiger charge is 1.98. The molecule has 0 aliphatic rings. The van der Waals surface area contributed by atoms with Crippen LogP contribution in [0, 0.1) is 0 Å². The van der Waals surface area contributed by atoms with Crippen LogP contribution in [0.2, 0.25) is 0 Å². The van der Waals surface area contributed by atoms with Crippen LogP contribution in [-0.2, 0) is 4.74 Å². The van der Waals surface area contributed by atoms with Crippen molar-refractivity contribution in [2.75, 3.05) is 13.2 Å². The maximum Gasteiger partial charge on any atom is 0.115 e. The molecule has 0 bridgehead atoms. The first-order chi connectivity index (χ1) is 8.81. The second kappa shape index (κ2) is 14.0. The van der Waals surface area contributed by atoms with E-state index in [0.717, 1.165) is 6.42 Å². The molecule has 0 aliphatic carbocycles. The van der Waals surface area contributed by atoms with Crippen molar-refractivity contribution in [1.82, 2.24) is 0 Å². The van der Waals surface area contributed by atoms with E-state index in [4.69, 9.17) is 14.9 Å². The fourth-order valence-corrected chi connectivity index (χ4v) is 1.31. The highest BCUT2D eigenvalue weighted by molar-refractivity contribution is 5.09. The highest BCUT2D eigenvalue weighted by Crippen LogP contribution is 2.02. The fourth-order valence-electron chi connectivity index (χ4n) is 1.31. The Kier molecular flexibility index (Phi) is 13.2. The van der Waals surface area contributed by atoms with Crippen molar-refractivity contribution in [1.29, 1.82) is 0 Å². The third-order valence-electron chi connectivity index (χ3n) is 2.37. The van der Waals surface area contributed by atoms with Crippen molar-refractivity contribution in [2.24, 2.45) is 0 Å². The summed E-state index contributed by atoms with van der Waals surface area (Å²) in [5, 5.41) is 17.5. The average Bonchev–Trinajstić information content (AvgIpc) is 2.39. The topological polar surface area (TPSA) is 49.7 Å². The monoisotopic (exact) mass is 254 g/mol. The van der Waals surface area contributed by atoms with E-state index < -0.39 is 6.10 Å². The van der Waals surface area contributed by atoms with Crippen LogP contribution in [-0.4, -0.2) is 29.5 Å². The molecule has 0 radical (unpaired) electrons. The molecule has 0 spiro atoms. The van der Waals surface area contributed by atoms with Gasteiger partial charge in [-0.05, 0) is 18.9 Å². The van der Waals surface area contributed by atoms with Gasteiger partial charge in [0.25, 0.3) is 0 Å². The van der Waals surface area contributed by atoms with E-state index in [2.05, 4.69) is 13.0 Å². The smallest absolute Gasteiger partial charge is 0.115 e. The fraction of sp³-hybridized carbons (Fsp3) is 0.600. The van der Waals surface area contributed by atoms with Crippen LogP contribution in [0.15, 0.2) is 36.6 Å². The second-order valence-corrected chi connectivity index (χ2v) is 4.16. The molecule has 18 heavy (non-hydrogen) atoms. The van der Waals surface area contributed by atoms with E-state index in [1.807, 2.05) is 18.2 Å². The van der Waals surface area contributed by atoms with Crippen molar-refractivity contribution in [3.63, 3.8) is 0 Å². The van der Waals surface area contributed by atoms with Gasteiger partial charge in [0.15, 0.2) is 0 Å². The van der Waals surface area contributed by atoms with Gasteiger partial charge < -0.3 is 14.9 Å². The summed E-state index contributed by atoms with van der Waals surface area (Å²) in [6.45, 7) is 2.06. The summed E-state index contributed by atoms with van der Waals surface area (Å²) < 4.78 is 4.99. The summed E-state index contributed by atoms with van der Waals surface area (Å²) in [6.07, 6.45) is 16.8. The Bertz CT molecular complexity index is 244. The lowest BCUT2D eigenvalue weighted by Crippen LogP contribution is -2.17. The molecule has 3 nitrogen and oxygen atoms in total. The molecule has 1 atom stereocenters. The first-order valence-corrected chi connectivity index (χ1v) is 6.70. The number of unbranched alkanes of at least 4 members (excludes halogenated alkanes) is 4. The normalized spacial score (nSPS) is 13.9. The minimum absolute atomic E-state index is 0.119. The Hall–Kier alpha value is -1.06. The molecule has 2 N–H and O–H groups in total. The van der Waals surface area contributed by atoms with E-state index in [-0.39, 0.29) is 13.2 Å². The minimum atomic E-state index is -0.804. The van der Waals surface area contributed by atoms with E-state index >= 15 is 0 Å². The number of allylic oxidation sites excluding steroid dienone is 5. The van der Waals surface area contributed by atoms with Crippen LogP contribution in [0.5, 0.6) is 0 Å². The lowest BCUT2D eigenvalue weighted by atomic mass is 10.1. The highest BCUT2D eigenvalue weighted by atomic mass is 16.5. The molecular formula is C15H26O3. The van der Waals surface area contributed by atoms with E-state index in [9.17, 15) is 0 Å². The number of ether oxygens (including phenoxy) is 1. The van der Waals surface area contributed by atoms with Gasteiger partial charge in [-0.3, -0.25) is 0 Å². The second-order valence-electron chi connectivity index (χ2n) is 4.16. The third kappa shape index (κ3) is 13.0. The standard InChI is InChI=1S/C15H26O3/c1-2-3-4-5-6-7-8-9-10-11-12-18-14-15(17)13-16/h7-12,15-17H,2-6,13-14H2,1H3/b8-7+,10-9+,12-11-. The predicted octanol–water partition coefficient (Wildman–Crippen LogP) is 2.95. The largest absolute Gasteiger partial charge is 0.498 e. The Morgan fingerprint density at radius 3 is 2.56 bits per heavy atom. The molecule has 0 aromatic carbocycles. The summed E-state index contributed by atoms with van der Waals surface area (Å²) in [5.41, 5.74) is 0. The van der Waals surface area contributed by atoms with E-state index in [0.29, 0.717) is 0 Å². The quantitative estimate of drug-likeness (QED) is 0.338. The number of aliphatic hydroxyl groups excluding tert-OH is 2. The van der Waals surface area contributed by atoms with Gasteiger partial charge in [0.1, 0.15) is 12.7 Å². The third-order valence-corrected chi connectivity index (χ3v) is 2.37. The zero-order valence-electron chi connectivity index (χ0n) is 11.3. The summed E-state index contributed by atoms with van der Waals surface area (Å²) in [7, 11) is 0. The molecule has 1 unspecified atom stereocenters.